The minimum atomic E-state index is -1.06. The van der Waals surface area contributed by atoms with E-state index < -0.39 is 11.2 Å². The predicted octanol–water partition coefficient (Wildman–Crippen LogP) is 4.49. The molecule has 0 atom stereocenters. The fourth-order valence-electron chi connectivity index (χ4n) is 3.98. The highest BCUT2D eigenvalue weighted by molar-refractivity contribution is 5.93. The summed E-state index contributed by atoms with van der Waals surface area (Å²) in [7, 11) is 0. The highest BCUT2D eigenvalue weighted by Gasteiger charge is 2.28. The lowest BCUT2D eigenvalue weighted by Gasteiger charge is -2.24. The van der Waals surface area contributed by atoms with Gasteiger partial charge in [0.15, 0.2) is 0 Å². The Balaban J connectivity index is 1.69. The quantitative estimate of drug-likeness (QED) is 0.408. The molecular weight excluding hydrogens is 437 g/mol. The van der Waals surface area contributed by atoms with Gasteiger partial charge in [0.25, 0.3) is 0 Å². The molecule has 0 unspecified atom stereocenters. The summed E-state index contributed by atoms with van der Waals surface area (Å²) in [5.41, 5.74) is 1.33. The first-order chi connectivity index (χ1) is 16.2. The van der Waals surface area contributed by atoms with Crippen LogP contribution in [0.25, 0.3) is 22.1 Å². The number of benzene rings is 2. The van der Waals surface area contributed by atoms with Crippen molar-refractivity contribution in [2.24, 2.45) is 0 Å². The lowest BCUT2D eigenvalue weighted by atomic mass is 9.94. The zero-order chi connectivity index (χ0) is 24.5. The standard InChI is InChI=1S/C26H26FN3O4/c1-4-26(33,5-2)24-12-13-30(28-24)29(17(3)31)16-18-6-11-21-22(15-25(32)34-23(21)14-18)19-7-9-20(27)10-8-19/h6-15,33H,4-5,16H2,1-3H3. The van der Waals surface area contributed by atoms with Crippen LogP contribution in [-0.4, -0.2) is 20.9 Å². The molecule has 4 rings (SSSR count). The van der Waals surface area contributed by atoms with Gasteiger partial charge in [0.2, 0.25) is 5.91 Å². The Labute approximate surface area is 196 Å². The van der Waals surface area contributed by atoms with Crippen molar-refractivity contribution in [1.82, 2.24) is 9.89 Å². The molecule has 0 aliphatic rings. The first-order valence-electron chi connectivity index (χ1n) is 11.1. The normalized spacial score (nSPS) is 11.7. The Kier molecular flexibility index (Phi) is 6.34. The number of aromatic nitrogens is 2. The van der Waals surface area contributed by atoms with E-state index in [0.29, 0.717) is 40.6 Å². The highest BCUT2D eigenvalue weighted by atomic mass is 19.1. The average Bonchev–Trinajstić information content (AvgIpc) is 3.32. The number of amides is 1. The van der Waals surface area contributed by atoms with Crippen LogP contribution >= 0.6 is 0 Å². The Morgan fingerprint density at radius 1 is 1.12 bits per heavy atom. The predicted molar refractivity (Wildman–Crippen MR) is 127 cm³/mol. The van der Waals surface area contributed by atoms with Crippen LogP contribution in [0, 0.1) is 5.82 Å². The van der Waals surface area contributed by atoms with E-state index in [1.807, 2.05) is 26.0 Å². The molecule has 0 bridgehead atoms. The maximum absolute atomic E-state index is 13.3. The van der Waals surface area contributed by atoms with Crippen molar-refractivity contribution in [2.45, 2.75) is 45.8 Å². The van der Waals surface area contributed by atoms with Crippen LogP contribution in [0.3, 0.4) is 0 Å². The van der Waals surface area contributed by atoms with Gasteiger partial charge in [0.05, 0.1) is 12.2 Å². The van der Waals surface area contributed by atoms with Gasteiger partial charge in [-0.3, -0.25) is 4.79 Å². The fraction of sp³-hybridized carbons (Fsp3) is 0.269. The van der Waals surface area contributed by atoms with Gasteiger partial charge in [-0.1, -0.05) is 38.1 Å². The smallest absolute Gasteiger partial charge is 0.336 e. The molecule has 1 N–H and O–H groups in total. The van der Waals surface area contributed by atoms with E-state index in [-0.39, 0.29) is 18.3 Å². The van der Waals surface area contributed by atoms with Crippen LogP contribution in [0.15, 0.2) is 70.0 Å². The molecule has 0 aliphatic heterocycles. The van der Waals surface area contributed by atoms with Crippen LogP contribution in [-0.2, 0) is 16.9 Å². The molecule has 4 aromatic rings. The van der Waals surface area contributed by atoms with E-state index >= 15 is 0 Å². The third kappa shape index (κ3) is 4.49. The van der Waals surface area contributed by atoms with Gasteiger partial charge >= 0.3 is 5.63 Å². The van der Waals surface area contributed by atoms with Crippen LogP contribution in [0.2, 0.25) is 0 Å². The first kappa shape index (κ1) is 23.4. The van der Waals surface area contributed by atoms with Crippen LogP contribution in [0.5, 0.6) is 0 Å². The molecule has 34 heavy (non-hydrogen) atoms. The molecule has 2 heterocycles. The van der Waals surface area contributed by atoms with Crippen LogP contribution < -0.4 is 10.6 Å². The number of halogens is 1. The fourth-order valence-corrected chi connectivity index (χ4v) is 3.98. The number of carbonyl (C=O) groups is 1. The van der Waals surface area contributed by atoms with Crippen molar-refractivity contribution < 1.29 is 18.7 Å². The molecule has 7 nitrogen and oxygen atoms in total. The molecule has 176 valence electrons. The summed E-state index contributed by atoms with van der Waals surface area (Å²) in [6.45, 7) is 5.37. The number of hydrogen-bond acceptors (Lipinski definition) is 5. The number of hydrogen-bond donors (Lipinski definition) is 1. The number of nitrogens with zero attached hydrogens (tertiary/aromatic N) is 3. The van der Waals surface area contributed by atoms with Crippen molar-refractivity contribution in [3.05, 3.63) is 88.3 Å². The Morgan fingerprint density at radius 2 is 1.82 bits per heavy atom. The van der Waals surface area contributed by atoms with Crippen molar-refractivity contribution in [2.75, 3.05) is 5.01 Å². The van der Waals surface area contributed by atoms with Crippen LogP contribution in [0.4, 0.5) is 4.39 Å². The molecule has 0 saturated carbocycles. The van der Waals surface area contributed by atoms with Crippen molar-refractivity contribution in [3.8, 4) is 11.1 Å². The largest absolute Gasteiger partial charge is 0.423 e. The monoisotopic (exact) mass is 463 g/mol. The van der Waals surface area contributed by atoms with Gasteiger partial charge in [-0.25, -0.2) is 14.2 Å². The molecule has 0 aliphatic carbocycles. The SMILES string of the molecule is CCC(O)(CC)c1ccn(N(Cc2ccc3c(-c4ccc(F)cc4)cc(=O)oc3c2)C(C)=O)n1. The average molecular weight is 464 g/mol. The van der Waals surface area contributed by atoms with Gasteiger partial charge in [-0.15, -0.1) is 0 Å². The Bertz CT molecular complexity index is 1390. The summed E-state index contributed by atoms with van der Waals surface area (Å²) in [5, 5.41) is 17.3. The van der Waals surface area contributed by atoms with Crippen molar-refractivity contribution in [3.63, 3.8) is 0 Å². The lowest BCUT2D eigenvalue weighted by Crippen LogP contribution is -2.39. The second kappa shape index (κ2) is 9.23. The third-order valence-electron chi connectivity index (χ3n) is 6.13. The van der Waals surface area contributed by atoms with Gasteiger partial charge < -0.3 is 9.52 Å². The van der Waals surface area contributed by atoms with Crippen molar-refractivity contribution in [1.29, 1.82) is 0 Å². The zero-order valence-corrected chi connectivity index (χ0v) is 19.3. The zero-order valence-electron chi connectivity index (χ0n) is 19.3. The van der Waals surface area contributed by atoms with E-state index in [9.17, 15) is 19.1 Å². The van der Waals surface area contributed by atoms with E-state index in [4.69, 9.17) is 4.42 Å². The Morgan fingerprint density at radius 3 is 2.47 bits per heavy atom. The summed E-state index contributed by atoms with van der Waals surface area (Å²) < 4.78 is 18.8. The third-order valence-corrected chi connectivity index (χ3v) is 6.13. The number of fused-ring (bicyclic) bond motifs is 1. The highest BCUT2D eigenvalue weighted by Crippen LogP contribution is 2.29. The molecular formula is C26H26FN3O4. The maximum atomic E-state index is 13.3. The van der Waals surface area contributed by atoms with Crippen LogP contribution in [0.1, 0.15) is 44.9 Å². The Hall–Kier alpha value is -3.78. The molecule has 2 aromatic carbocycles. The van der Waals surface area contributed by atoms with E-state index in [2.05, 4.69) is 5.10 Å². The molecule has 8 heteroatoms. The molecule has 1 amide bonds. The van der Waals surface area contributed by atoms with Gasteiger partial charge in [0, 0.05) is 24.6 Å². The minimum absolute atomic E-state index is 0.174. The first-order valence-corrected chi connectivity index (χ1v) is 11.1. The van der Waals surface area contributed by atoms with Gasteiger partial charge in [0.1, 0.15) is 17.0 Å². The van der Waals surface area contributed by atoms with Crippen molar-refractivity contribution >= 4 is 16.9 Å². The molecule has 0 radical (unpaired) electrons. The van der Waals surface area contributed by atoms with E-state index in [1.54, 1.807) is 30.5 Å². The van der Waals surface area contributed by atoms with Gasteiger partial charge in [-0.05, 0) is 53.8 Å². The molecule has 2 aromatic heterocycles. The minimum Gasteiger partial charge on any atom is -0.423 e. The van der Waals surface area contributed by atoms with E-state index in [1.165, 1.54) is 34.9 Å². The summed E-state index contributed by atoms with van der Waals surface area (Å²) in [6.07, 6.45) is 2.64. The second-order valence-electron chi connectivity index (χ2n) is 8.25. The maximum Gasteiger partial charge on any atom is 0.336 e. The lowest BCUT2D eigenvalue weighted by molar-refractivity contribution is -0.118. The summed E-state index contributed by atoms with van der Waals surface area (Å²) >= 11 is 0. The topological polar surface area (TPSA) is 88.6 Å². The second-order valence-corrected chi connectivity index (χ2v) is 8.25. The molecule has 0 fully saturated rings. The number of rotatable bonds is 7. The molecule has 0 saturated heterocycles. The molecule has 0 spiro atoms. The van der Waals surface area contributed by atoms with Gasteiger partial charge in [-0.2, -0.15) is 9.89 Å². The summed E-state index contributed by atoms with van der Waals surface area (Å²) in [5.74, 6) is -0.603. The van der Waals surface area contributed by atoms with E-state index in [0.717, 1.165) is 5.56 Å². The number of carbonyl (C=O) groups excluding carboxylic acids is 1. The summed E-state index contributed by atoms with van der Waals surface area (Å²) in [6, 6.07) is 14.3. The summed E-state index contributed by atoms with van der Waals surface area (Å²) in [4.78, 5) is 26.1. The number of aliphatic hydroxyl groups is 1.